The first-order valence-corrected chi connectivity index (χ1v) is 4.69. The first kappa shape index (κ1) is 13.7. The lowest BCUT2D eigenvalue weighted by Crippen LogP contribution is -2.50. The molecule has 0 aromatic heterocycles. The molecule has 7 nitrogen and oxygen atoms in total. The van der Waals surface area contributed by atoms with Crippen molar-refractivity contribution in [3.05, 3.63) is 0 Å². The molecule has 0 bridgehead atoms. The normalized spacial score (nSPS) is 14.0. The third-order valence-electron chi connectivity index (χ3n) is 1.55. The second-order valence-electron chi connectivity index (χ2n) is 2.86. The number of amides is 2. The molecule has 86 valence electrons. The molecular weight excluding hydrogens is 222 g/mol. The first-order chi connectivity index (χ1) is 6.88. The molecule has 0 rings (SSSR count). The van der Waals surface area contributed by atoms with Crippen LogP contribution in [0, 0.1) is 0 Å². The van der Waals surface area contributed by atoms with Crippen molar-refractivity contribution in [3.63, 3.8) is 0 Å². The molecular formula is C7H13N3O4S. The summed E-state index contributed by atoms with van der Waals surface area (Å²) in [6.07, 6.45) is -0.472. The number of nitrogens with one attached hydrogen (secondary N) is 1. The van der Waals surface area contributed by atoms with Crippen molar-refractivity contribution in [2.75, 3.05) is 5.75 Å². The Balaban J connectivity index is 4.35. The fraction of sp³-hybridized carbons (Fsp3) is 0.571. The molecule has 0 radical (unpaired) electrons. The minimum atomic E-state index is -1.35. The van der Waals surface area contributed by atoms with Crippen molar-refractivity contribution in [1.82, 2.24) is 5.32 Å². The zero-order valence-electron chi connectivity index (χ0n) is 7.84. The lowest BCUT2D eigenvalue weighted by molar-refractivity contribution is -0.143. The molecule has 0 saturated carbocycles. The first-order valence-electron chi connectivity index (χ1n) is 4.06. The standard InChI is InChI=1S/C7H13N3O4S/c8-3(2-15)6(12)10-4(7(13)14)1-5(9)11/h3-4,15H,1-2,8H2,(H2,9,11)(H,10,12)(H,13,14). The van der Waals surface area contributed by atoms with Gasteiger partial charge in [-0.3, -0.25) is 9.59 Å². The lowest BCUT2D eigenvalue weighted by atomic mass is 10.2. The van der Waals surface area contributed by atoms with Gasteiger partial charge >= 0.3 is 5.97 Å². The Labute approximate surface area is 91.6 Å². The molecule has 8 heteroatoms. The smallest absolute Gasteiger partial charge is 0.326 e. The van der Waals surface area contributed by atoms with E-state index in [4.69, 9.17) is 16.6 Å². The Bertz CT molecular complexity index is 271. The molecule has 0 aliphatic heterocycles. The van der Waals surface area contributed by atoms with Crippen LogP contribution in [0.25, 0.3) is 0 Å². The topological polar surface area (TPSA) is 136 Å². The van der Waals surface area contributed by atoms with Crippen molar-refractivity contribution >= 4 is 30.4 Å². The summed E-state index contributed by atoms with van der Waals surface area (Å²) in [5.74, 6) is -2.76. The number of thiol groups is 1. The lowest BCUT2D eigenvalue weighted by Gasteiger charge is -2.15. The molecule has 15 heavy (non-hydrogen) atoms. The van der Waals surface area contributed by atoms with E-state index < -0.39 is 36.3 Å². The van der Waals surface area contributed by atoms with E-state index in [1.807, 2.05) is 0 Å². The molecule has 0 fully saturated rings. The monoisotopic (exact) mass is 235 g/mol. The quantitative estimate of drug-likeness (QED) is 0.329. The van der Waals surface area contributed by atoms with Gasteiger partial charge in [-0.1, -0.05) is 0 Å². The molecule has 0 aromatic carbocycles. The summed E-state index contributed by atoms with van der Waals surface area (Å²) in [6, 6.07) is -2.26. The molecule has 0 spiro atoms. The second kappa shape index (κ2) is 6.25. The maximum Gasteiger partial charge on any atom is 0.326 e. The van der Waals surface area contributed by atoms with Gasteiger partial charge in [-0.05, 0) is 0 Å². The van der Waals surface area contributed by atoms with Gasteiger partial charge in [-0.15, -0.1) is 0 Å². The minimum absolute atomic E-state index is 0.0781. The molecule has 2 atom stereocenters. The summed E-state index contributed by atoms with van der Waals surface area (Å²) in [7, 11) is 0. The van der Waals surface area contributed by atoms with Gasteiger partial charge in [0.2, 0.25) is 11.8 Å². The summed E-state index contributed by atoms with van der Waals surface area (Å²) >= 11 is 3.77. The Morgan fingerprint density at radius 3 is 2.27 bits per heavy atom. The van der Waals surface area contributed by atoms with E-state index in [9.17, 15) is 14.4 Å². The number of carbonyl (C=O) groups excluding carboxylic acids is 2. The zero-order chi connectivity index (χ0) is 12.0. The van der Waals surface area contributed by atoms with Crippen molar-refractivity contribution in [2.45, 2.75) is 18.5 Å². The molecule has 0 aromatic rings. The van der Waals surface area contributed by atoms with Crippen molar-refractivity contribution in [3.8, 4) is 0 Å². The highest BCUT2D eigenvalue weighted by Crippen LogP contribution is 1.93. The number of carboxylic acid groups (broad SMARTS) is 1. The van der Waals surface area contributed by atoms with Crippen LogP contribution in [-0.2, 0) is 14.4 Å². The summed E-state index contributed by atoms with van der Waals surface area (Å²) in [6.45, 7) is 0. The van der Waals surface area contributed by atoms with Crippen LogP contribution in [0.4, 0.5) is 0 Å². The van der Waals surface area contributed by atoms with E-state index in [2.05, 4.69) is 17.9 Å². The number of primary amides is 1. The van der Waals surface area contributed by atoms with Crippen LogP contribution in [0.5, 0.6) is 0 Å². The largest absolute Gasteiger partial charge is 0.480 e. The molecule has 0 heterocycles. The van der Waals surface area contributed by atoms with E-state index in [0.29, 0.717) is 0 Å². The highest BCUT2D eigenvalue weighted by molar-refractivity contribution is 7.80. The number of carbonyl (C=O) groups is 3. The molecule has 0 aliphatic rings. The highest BCUT2D eigenvalue weighted by Gasteiger charge is 2.24. The Kier molecular flexibility index (Phi) is 5.72. The maximum atomic E-state index is 11.2. The van der Waals surface area contributed by atoms with Crippen molar-refractivity contribution in [2.24, 2.45) is 11.5 Å². The molecule has 6 N–H and O–H groups in total. The summed E-state index contributed by atoms with van der Waals surface area (Å²) in [5, 5.41) is 10.7. The third kappa shape index (κ3) is 5.23. The number of carboxylic acids is 1. The van der Waals surface area contributed by atoms with Crippen molar-refractivity contribution in [1.29, 1.82) is 0 Å². The maximum absolute atomic E-state index is 11.2. The average molecular weight is 235 g/mol. The zero-order valence-corrected chi connectivity index (χ0v) is 8.74. The van der Waals surface area contributed by atoms with Crippen molar-refractivity contribution < 1.29 is 19.5 Å². The van der Waals surface area contributed by atoms with Crippen LogP contribution in [0.2, 0.25) is 0 Å². The van der Waals surface area contributed by atoms with Gasteiger partial charge < -0.3 is 21.9 Å². The number of nitrogens with two attached hydrogens (primary N) is 2. The summed E-state index contributed by atoms with van der Waals surface area (Å²) in [4.78, 5) is 32.3. The summed E-state index contributed by atoms with van der Waals surface area (Å²) in [5.41, 5.74) is 10.1. The second-order valence-corrected chi connectivity index (χ2v) is 3.22. The number of aliphatic carboxylic acids is 1. The van der Waals surface area contributed by atoms with Gasteiger partial charge in [0.05, 0.1) is 12.5 Å². The Morgan fingerprint density at radius 1 is 1.40 bits per heavy atom. The average Bonchev–Trinajstić information content (AvgIpc) is 2.14. The van der Waals surface area contributed by atoms with Gasteiger partial charge in [0.25, 0.3) is 0 Å². The number of hydrogen-bond acceptors (Lipinski definition) is 5. The van der Waals surface area contributed by atoms with E-state index in [-0.39, 0.29) is 5.75 Å². The van der Waals surface area contributed by atoms with Crippen LogP contribution in [0.15, 0.2) is 0 Å². The van der Waals surface area contributed by atoms with Gasteiger partial charge in [0.1, 0.15) is 6.04 Å². The number of hydrogen-bond donors (Lipinski definition) is 5. The third-order valence-corrected chi connectivity index (χ3v) is 1.95. The van der Waals surface area contributed by atoms with E-state index in [1.165, 1.54) is 0 Å². The molecule has 2 amide bonds. The fourth-order valence-corrected chi connectivity index (χ4v) is 0.929. The fourth-order valence-electron chi connectivity index (χ4n) is 0.763. The number of rotatable bonds is 6. The highest BCUT2D eigenvalue weighted by atomic mass is 32.1. The van der Waals surface area contributed by atoms with Crippen LogP contribution < -0.4 is 16.8 Å². The van der Waals surface area contributed by atoms with Gasteiger partial charge in [-0.2, -0.15) is 12.6 Å². The van der Waals surface area contributed by atoms with E-state index >= 15 is 0 Å². The SMILES string of the molecule is NC(=O)CC(NC(=O)C(N)CS)C(=O)O. The molecule has 0 saturated heterocycles. The van der Waals surface area contributed by atoms with Crippen LogP contribution in [0.3, 0.4) is 0 Å². The van der Waals surface area contributed by atoms with Gasteiger partial charge in [0, 0.05) is 5.75 Å². The van der Waals surface area contributed by atoms with Crippen LogP contribution in [0.1, 0.15) is 6.42 Å². The van der Waals surface area contributed by atoms with Gasteiger partial charge in [-0.25, -0.2) is 4.79 Å². The predicted molar refractivity (Wildman–Crippen MR) is 55.2 cm³/mol. The Morgan fingerprint density at radius 2 is 1.93 bits per heavy atom. The Hall–Kier alpha value is -1.28. The van der Waals surface area contributed by atoms with Gasteiger partial charge in [0.15, 0.2) is 0 Å². The van der Waals surface area contributed by atoms with Crippen LogP contribution in [-0.4, -0.2) is 40.7 Å². The predicted octanol–water partition coefficient (Wildman–Crippen LogP) is -2.31. The molecule has 2 unspecified atom stereocenters. The van der Waals surface area contributed by atoms with Crippen LogP contribution >= 0.6 is 12.6 Å². The van der Waals surface area contributed by atoms with E-state index in [1.54, 1.807) is 0 Å². The molecule has 0 aliphatic carbocycles. The summed E-state index contributed by atoms with van der Waals surface area (Å²) < 4.78 is 0. The van der Waals surface area contributed by atoms with E-state index in [0.717, 1.165) is 0 Å². The minimum Gasteiger partial charge on any atom is -0.480 e.